The number of methoxy groups -OCH3 is 1. The fourth-order valence-corrected chi connectivity index (χ4v) is 2.02. The number of amides is 1. The van der Waals surface area contributed by atoms with Crippen LogP contribution >= 0.6 is 0 Å². The van der Waals surface area contributed by atoms with E-state index < -0.39 is 5.97 Å². The van der Waals surface area contributed by atoms with Crippen molar-refractivity contribution in [3.63, 3.8) is 0 Å². The van der Waals surface area contributed by atoms with E-state index in [0.29, 0.717) is 11.3 Å². The summed E-state index contributed by atoms with van der Waals surface area (Å²) in [5.74, 6) is -0.143. The summed E-state index contributed by atoms with van der Waals surface area (Å²) < 4.78 is 10.0. The standard InChI is InChI=1S/C18H19NO4/c1-3-13-5-4-6-15(11-13)19-17(20)12-23-16-9-7-14(8-10-16)18(21)22-2/h4-11H,3,12H2,1-2H3,(H,19,20). The Bertz CT molecular complexity index is 680. The summed E-state index contributed by atoms with van der Waals surface area (Å²) in [5, 5.41) is 2.79. The Morgan fingerprint density at radius 1 is 1.09 bits per heavy atom. The Balaban J connectivity index is 1.87. The maximum absolute atomic E-state index is 11.9. The number of hydrogen-bond acceptors (Lipinski definition) is 4. The average Bonchev–Trinajstić information content (AvgIpc) is 2.60. The van der Waals surface area contributed by atoms with Crippen molar-refractivity contribution in [1.82, 2.24) is 0 Å². The van der Waals surface area contributed by atoms with E-state index in [9.17, 15) is 9.59 Å². The molecule has 23 heavy (non-hydrogen) atoms. The molecular weight excluding hydrogens is 294 g/mol. The molecule has 0 aromatic heterocycles. The summed E-state index contributed by atoms with van der Waals surface area (Å²) in [6.45, 7) is 1.95. The zero-order valence-electron chi connectivity index (χ0n) is 13.2. The zero-order valence-corrected chi connectivity index (χ0v) is 13.2. The van der Waals surface area contributed by atoms with Crippen molar-refractivity contribution >= 4 is 17.6 Å². The van der Waals surface area contributed by atoms with E-state index in [4.69, 9.17) is 4.74 Å². The third-order valence-corrected chi connectivity index (χ3v) is 3.26. The van der Waals surface area contributed by atoms with Crippen molar-refractivity contribution in [3.8, 4) is 5.75 Å². The Kier molecular flexibility index (Phi) is 5.74. The molecule has 2 aromatic rings. The fraction of sp³-hybridized carbons (Fsp3) is 0.222. The van der Waals surface area contributed by atoms with Gasteiger partial charge in [-0.2, -0.15) is 0 Å². The molecule has 1 amide bonds. The van der Waals surface area contributed by atoms with Crippen LogP contribution in [-0.4, -0.2) is 25.6 Å². The number of benzene rings is 2. The number of esters is 1. The van der Waals surface area contributed by atoms with Gasteiger partial charge < -0.3 is 14.8 Å². The zero-order chi connectivity index (χ0) is 16.7. The molecule has 2 aromatic carbocycles. The molecule has 0 saturated carbocycles. The predicted octanol–water partition coefficient (Wildman–Crippen LogP) is 3.05. The topological polar surface area (TPSA) is 64.6 Å². The molecule has 120 valence electrons. The van der Waals surface area contributed by atoms with Crippen LogP contribution in [0.2, 0.25) is 0 Å². The van der Waals surface area contributed by atoms with Gasteiger partial charge in [-0.3, -0.25) is 4.79 Å². The van der Waals surface area contributed by atoms with E-state index >= 15 is 0 Å². The molecule has 5 nitrogen and oxygen atoms in total. The Morgan fingerprint density at radius 3 is 2.48 bits per heavy atom. The van der Waals surface area contributed by atoms with Crippen LogP contribution in [0.5, 0.6) is 5.75 Å². The molecule has 0 radical (unpaired) electrons. The third-order valence-electron chi connectivity index (χ3n) is 3.26. The number of nitrogens with one attached hydrogen (secondary N) is 1. The lowest BCUT2D eigenvalue weighted by Gasteiger charge is -2.09. The number of hydrogen-bond donors (Lipinski definition) is 1. The smallest absolute Gasteiger partial charge is 0.337 e. The normalized spacial score (nSPS) is 10.0. The van der Waals surface area contributed by atoms with Gasteiger partial charge in [-0.15, -0.1) is 0 Å². The molecule has 0 spiro atoms. The molecular formula is C18H19NO4. The number of anilines is 1. The van der Waals surface area contributed by atoms with E-state index in [2.05, 4.69) is 17.0 Å². The molecule has 0 heterocycles. The molecule has 0 aliphatic carbocycles. The molecule has 2 rings (SSSR count). The van der Waals surface area contributed by atoms with E-state index in [1.807, 2.05) is 24.3 Å². The minimum Gasteiger partial charge on any atom is -0.484 e. The highest BCUT2D eigenvalue weighted by Crippen LogP contribution is 2.14. The summed E-state index contributed by atoms with van der Waals surface area (Å²) in [6, 6.07) is 14.1. The van der Waals surface area contributed by atoms with Crippen LogP contribution in [0.25, 0.3) is 0 Å². The Morgan fingerprint density at radius 2 is 1.83 bits per heavy atom. The van der Waals surface area contributed by atoms with Gasteiger partial charge in [-0.05, 0) is 48.4 Å². The number of aryl methyl sites for hydroxylation is 1. The van der Waals surface area contributed by atoms with Crippen molar-refractivity contribution < 1.29 is 19.1 Å². The van der Waals surface area contributed by atoms with Crippen LogP contribution in [0.4, 0.5) is 5.69 Å². The van der Waals surface area contributed by atoms with E-state index in [0.717, 1.165) is 17.7 Å². The Labute approximate surface area is 135 Å². The summed E-state index contributed by atoms with van der Waals surface area (Å²) >= 11 is 0. The van der Waals surface area contributed by atoms with Crippen LogP contribution in [0.15, 0.2) is 48.5 Å². The monoisotopic (exact) mass is 313 g/mol. The first-order valence-corrected chi connectivity index (χ1v) is 7.32. The fourth-order valence-electron chi connectivity index (χ4n) is 2.02. The van der Waals surface area contributed by atoms with Gasteiger partial charge in [0, 0.05) is 5.69 Å². The molecule has 1 N–H and O–H groups in total. The van der Waals surface area contributed by atoms with Crippen LogP contribution in [0.3, 0.4) is 0 Å². The van der Waals surface area contributed by atoms with Crippen LogP contribution in [-0.2, 0) is 16.0 Å². The number of carbonyl (C=O) groups is 2. The molecule has 0 aliphatic heterocycles. The maximum atomic E-state index is 11.9. The number of rotatable bonds is 6. The van der Waals surface area contributed by atoms with Crippen molar-refractivity contribution in [2.24, 2.45) is 0 Å². The predicted molar refractivity (Wildman–Crippen MR) is 87.7 cm³/mol. The Hall–Kier alpha value is -2.82. The van der Waals surface area contributed by atoms with E-state index in [1.54, 1.807) is 24.3 Å². The highest BCUT2D eigenvalue weighted by Gasteiger charge is 2.07. The first kappa shape index (κ1) is 16.5. The second-order valence-electron chi connectivity index (χ2n) is 4.91. The molecule has 0 unspecified atom stereocenters. The lowest BCUT2D eigenvalue weighted by atomic mass is 10.1. The lowest BCUT2D eigenvalue weighted by Crippen LogP contribution is -2.20. The molecule has 0 aliphatic rings. The molecule has 0 bridgehead atoms. The van der Waals surface area contributed by atoms with Gasteiger partial charge in [-0.25, -0.2) is 4.79 Å². The minimum absolute atomic E-state index is 0.103. The van der Waals surface area contributed by atoms with Crippen molar-refractivity contribution in [1.29, 1.82) is 0 Å². The van der Waals surface area contributed by atoms with Crippen molar-refractivity contribution in [3.05, 3.63) is 59.7 Å². The highest BCUT2D eigenvalue weighted by atomic mass is 16.5. The quantitative estimate of drug-likeness (QED) is 0.833. The molecule has 5 heteroatoms. The molecule has 0 fully saturated rings. The lowest BCUT2D eigenvalue weighted by molar-refractivity contribution is -0.118. The summed E-state index contributed by atoms with van der Waals surface area (Å²) in [4.78, 5) is 23.2. The van der Waals surface area contributed by atoms with Gasteiger partial charge in [-0.1, -0.05) is 19.1 Å². The van der Waals surface area contributed by atoms with Gasteiger partial charge in [0.2, 0.25) is 0 Å². The third kappa shape index (κ3) is 4.85. The van der Waals surface area contributed by atoms with Gasteiger partial charge in [0.15, 0.2) is 6.61 Å². The molecule has 0 atom stereocenters. The van der Waals surface area contributed by atoms with Crippen LogP contribution in [0.1, 0.15) is 22.8 Å². The SMILES string of the molecule is CCc1cccc(NC(=O)COc2ccc(C(=O)OC)cc2)c1. The summed E-state index contributed by atoms with van der Waals surface area (Å²) in [7, 11) is 1.32. The van der Waals surface area contributed by atoms with Crippen LogP contribution < -0.4 is 10.1 Å². The highest BCUT2D eigenvalue weighted by molar-refractivity contribution is 5.92. The van der Waals surface area contributed by atoms with E-state index in [-0.39, 0.29) is 12.5 Å². The summed E-state index contributed by atoms with van der Waals surface area (Å²) in [6.07, 6.45) is 0.909. The van der Waals surface area contributed by atoms with E-state index in [1.165, 1.54) is 7.11 Å². The minimum atomic E-state index is -0.412. The first-order valence-electron chi connectivity index (χ1n) is 7.32. The number of carbonyl (C=O) groups excluding carboxylic acids is 2. The van der Waals surface area contributed by atoms with Crippen molar-refractivity contribution in [2.45, 2.75) is 13.3 Å². The van der Waals surface area contributed by atoms with Crippen molar-refractivity contribution in [2.75, 3.05) is 19.0 Å². The average molecular weight is 313 g/mol. The van der Waals surface area contributed by atoms with Gasteiger partial charge in [0.05, 0.1) is 12.7 Å². The number of ether oxygens (including phenoxy) is 2. The summed E-state index contributed by atoms with van der Waals surface area (Å²) in [5.41, 5.74) is 2.33. The van der Waals surface area contributed by atoms with Gasteiger partial charge >= 0.3 is 5.97 Å². The first-order chi connectivity index (χ1) is 11.1. The van der Waals surface area contributed by atoms with Crippen LogP contribution in [0, 0.1) is 0 Å². The van der Waals surface area contributed by atoms with Gasteiger partial charge in [0.1, 0.15) is 5.75 Å². The maximum Gasteiger partial charge on any atom is 0.337 e. The second-order valence-corrected chi connectivity index (χ2v) is 4.91. The largest absolute Gasteiger partial charge is 0.484 e. The molecule has 0 saturated heterocycles. The van der Waals surface area contributed by atoms with Gasteiger partial charge in [0.25, 0.3) is 5.91 Å². The second kappa shape index (κ2) is 7.98.